The lowest BCUT2D eigenvalue weighted by atomic mass is 10.1. The second-order valence-electron chi connectivity index (χ2n) is 3.92. The van der Waals surface area contributed by atoms with Gasteiger partial charge in [-0.1, -0.05) is 6.92 Å². The highest BCUT2D eigenvalue weighted by Crippen LogP contribution is 2.19. The van der Waals surface area contributed by atoms with Gasteiger partial charge >= 0.3 is 0 Å². The Labute approximate surface area is 106 Å². The van der Waals surface area contributed by atoms with Crippen LogP contribution in [0.3, 0.4) is 0 Å². The van der Waals surface area contributed by atoms with Crippen molar-refractivity contribution in [3.05, 3.63) is 46.7 Å². The summed E-state index contributed by atoms with van der Waals surface area (Å²) < 4.78 is 0. The van der Waals surface area contributed by atoms with Gasteiger partial charge in [-0.15, -0.1) is 11.3 Å². The molecule has 0 amide bonds. The maximum Gasteiger partial charge on any atom is 0.0943 e. The molecule has 0 aliphatic carbocycles. The zero-order valence-electron chi connectivity index (χ0n) is 9.97. The fourth-order valence-electron chi connectivity index (χ4n) is 1.75. The summed E-state index contributed by atoms with van der Waals surface area (Å²) in [6, 6.07) is 4.48. The van der Waals surface area contributed by atoms with Crippen LogP contribution in [0, 0.1) is 0 Å². The first-order valence-corrected chi connectivity index (χ1v) is 6.79. The highest BCUT2D eigenvalue weighted by Gasteiger charge is 2.12. The van der Waals surface area contributed by atoms with Crippen LogP contribution in [0.2, 0.25) is 0 Å². The van der Waals surface area contributed by atoms with E-state index in [4.69, 9.17) is 0 Å². The Hall–Kier alpha value is -1.26. The SMILES string of the molecule is CCCNC(Cc1nccs1)c1ccncc1. The van der Waals surface area contributed by atoms with E-state index < -0.39 is 0 Å². The average Bonchev–Trinajstić information content (AvgIpc) is 2.88. The maximum atomic E-state index is 4.35. The number of pyridine rings is 1. The summed E-state index contributed by atoms with van der Waals surface area (Å²) >= 11 is 1.71. The molecule has 2 aromatic rings. The molecule has 2 aromatic heterocycles. The van der Waals surface area contributed by atoms with Gasteiger partial charge < -0.3 is 5.32 Å². The van der Waals surface area contributed by atoms with Crippen molar-refractivity contribution in [3.8, 4) is 0 Å². The summed E-state index contributed by atoms with van der Waals surface area (Å²) in [5.74, 6) is 0. The van der Waals surface area contributed by atoms with E-state index in [2.05, 4.69) is 34.3 Å². The van der Waals surface area contributed by atoms with Crippen molar-refractivity contribution in [1.29, 1.82) is 0 Å². The van der Waals surface area contributed by atoms with Gasteiger partial charge in [0, 0.05) is 36.4 Å². The Bertz CT molecular complexity index is 413. The lowest BCUT2D eigenvalue weighted by molar-refractivity contribution is 0.528. The summed E-state index contributed by atoms with van der Waals surface area (Å²) in [6.45, 7) is 3.21. The van der Waals surface area contributed by atoms with Gasteiger partial charge in [0.25, 0.3) is 0 Å². The monoisotopic (exact) mass is 247 g/mol. The minimum absolute atomic E-state index is 0.337. The smallest absolute Gasteiger partial charge is 0.0943 e. The Morgan fingerprint density at radius 1 is 1.29 bits per heavy atom. The van der Waals surface area contributed by atoms with Gasteiger partial charge in [0.2, 0.25) is 0 Å². The lowest BCUT2D eigenvalue weighted by Gasteiger charge is -2.17. The van der Waals surface area contributed by atoms with E-state index in [9.17, 15) is 0 Å². The first-order valence-electron chi connectivity index (χ1n) is 5.92. The predicted molar refractivity (Wildman–Crippen MR) is 71.1 cm³/mol. The topological polar surface area (TPSA) is 37.8 Å². The van der Waals surface area contributed by atoms with E-state index in [-0.39, 0.29) is 0 Å². The van der Waals surface area contributed by atoms with Gasteiger partial charge in [-0.2, -0.15) is 0 Å². The van der Waals surface area contributed by atoms with Crippen LogP contribution in [0.1, 0.15) is 30.0 Å². The van der Waals surface area contributed by atoms with Crippen molar-refractivity contribution in [2.75, 3.05) is 6.54 Å². The lowest BCUT2D eigenvalue weighted by Crippen LogP contribution is -2.24. The molecule has 0 spiro atoms. The summed E-state index contributed by atoms with van der Waals surface area (Å²) in [4.78, 5) is 8.42. The van der Waals surface area contributed by atoms with E-state index in [1.54, 1.807) is 11.3 Å². The molecule has 0 saturated heterocycles. The number of aromatic nitrogens is 2. The van der Waals surface area contributed by atoms with Crippen molar-refractivity contribution < 1.29 is 0 Å². The first-order chi connectivity index (χ1) is 8.40. The zero-order valence-corrected chi connectivity index (χ0v) is 10.8. The molecule has 0 bridgehead atoms. The molecule has 2 rings (SSSR count). The van der Waals surface area contributed by atoms with Crippen LogP contribution in [0.4, 0.5) is 0 Å². The third-order valence-electron chi connectivity index (χ3n) is 2.61. The second-order valence-corrected chi connectivity index (χ2v) is 4.90. The van der Waals surface area contributed by atoms with Crippen molar-refractivity contribution in [1.82, 2.24) is 15.3 Å². The van der Waals surface area contributed by atoms with E-state index in [0.29, 0.717) is 6.04 Å². The number of hydrogen-bond acceptors (Lipinski definition) is 4. The van der Waals surface area contributed by atoms with Crippen molar-refractivity contribution in [3.63, 3.8) is 0 Å². The maximum absolute atomic E-state index is 4.35. The van der Waals surface area contributed by atoms with Crippen LogP contribution < -0.4 is 5.32 Å². The number of rotatable bonds is 6. The minimum atomic E-state index is 0.337. The number of thiazole rings is 1. The Morgan fingerprint density at radius 2 is 2.12 bits per heavy atom. The fraction of sp³-hybridized carbons (Fsp3) is 0.385. The third kappa shape index (κ3) is 3.61. The van der Waals surface area contributed by atoms with Crippen LogP contribution in [-0.2, 0) is 6.42 Å². The van der Waals surface area contributed by atoms with Gasteiger partial charge in [0.05, 0.1) is 5.01 Å². The number of nitrogens with zero attached hydrogens (tertiary/aromatic N) is 2. The van der Waals surface area contributed by atoms with Crippen LogP contribution in [-0.4, -0.2) is 16.5 Å². The quantitative estimate of drug-likeness (QED) is 0.853. The van der Waals surface area contributed by atoms with Crippen molar-refractivity contribution in [2.24, 2.45) is 0 Å². The predicted octanol–water partition coefficient (Wildman–Crippen LogP) is 2.82. The molecule has 0 fully saturated rings. The molecule has 0 saturated carbocycles. The molecule has 17 heavy (non-hydrogen) atoms. The number of hydrogen-bond donors (Lipinski definition) is 1. The minimum Gasteiger partial charge on any atom is -0.310 e. The van der Waals surface area contributed by atoms with Gasteiger partial charge in [-0.05, 0) is 30.7 Å². The average molecular weight is 247 g/mol. The van der Waals surface area contributed by atoms with Crippen LogP contribution in [0.15, 0.2) is 36.1 Å². The summed E-state index contributed by atoms with van der Waals surface area (Å²) in [5, 5.41) is 6.77. The van der Waals surface area contributed by atoms with Gasteiger partial charge in [0.1, 0.15) is 0 Å². The van der Waals surface area contributed by atoms with Crippen LogP contribution in [0.25, 0.3) is 0 Å². The highest BCUT2D eigenvalue weighted by atomic mass is 32.1. The molecule has 2 heterocycles. The Kier molecular flexibility index (Phi) is 4.64. The molecule has 0 radical (unpaired) electrons. The van der Waals surface area contributed by atoms with Crippen LogP contribution >= 0.6 is 11.3 Å². The summed E-state index contributed by atoms with van der Waals surface area (Å²) in [6.07, 6.45) is 7.64. The Morgan fingerprint density at radius 3 is 2.76 bits per heavy atom. The molecular weight excluding hydrogens is 230 g/mol. The summed E-state index contributed by atoms with van der Waals surface area (Å²) in [7, 11) is 0. The molecule has 3 nitrogen and oxygen atoms in total. The molecule has 1 atom stereocenters. The second kappa shape index (κ2) is 6.47. The van der Waals surface area contributed by atoms with Gasteiger partial charge in [-0.3, -0.25) is 4.98 Å². The molecule has 4 heteroatoms. The molecule has 1 N–H and O–H groups in total. The van der Waals surface area contributed by atoms with E-state index >= 15 is 0 Å². The first kappa shape index (κ1) is 12.2. The molecule has 90 valence electrons. The highest BCUT2D eigenvalue weighted by molar-refractivity contribution is 7.09. The molecule has 0 aromatic carbocycles. The zero-order chi connectivity index (χ0) is 11.9. The van der Waals surface area contributed by atoms with Crippen LogP contribution in [0.5, 0.6) is 0 Å². The fourth-order valence-corrected chi connectivity index (χ4v) is 2.41. The van der Waals surface area contributed by atoms with E-state index in [1.165, 1.54) is 10.6 Å². The molecular formula is C13H17N3S. The van der Waals surface area contributed by atoms with E-state index in [1.807, 2.05) is 24.0 Å². The molecule has 1 unspecified atom stereocenters. The Balaban J connectivity index is 2.08. The molecule has 0 aliphatic heterocycles. The number of nitrogens with one attached hydrogen (secondary N) is 1. The standard InChI is InChI=1S/C13H17N3S/c1-2-5-15-12(10-13-16-8-9-17-13)11-3-6-14-7-4-11/h3-4,6-9,12,15H,2,5,10H2,1H3. The van der Waals surface area contributed by atoms with Gasteiger partial charge in [-0.25, -0.2) is 4.98 Å². The van der Waals surface area contributed by atoms with Crippen molar-refractivity contribution in [2.45, 2.75) is 25.8 Å². The third-order valence-corrected chi connectivity index (χ3v) is 3.41. The normalized spacial score (nSPS) is 12.5. The van der Waals surface area contributed by atoms with E-state index in [0.717, 1.165) is 19.4 Å². The molecule has 0 aliphatic rings. The summed E-state index contributed by atoms with van der Waals surface area (Å²) in [5.41, 5.74) is 1.28. The van der Waals surface area contributed by atoms with Gasteiger partial charge in [0.15, 0.2) is 0 Å². The van der Waals surface area contributed by atoms with Crippen molar-refractivity contribution >= 4 is 11.3 Å². The largest absolute Gasteiger partial charge is 0.310 e.